The summed E-state index contributed by atoms with van der Waals surface area (Å²) in [7, 11) is 0. The zero-order chi connectivity index (χ0) is 23.6. The second-order valence-electron chi connectivity index (χ2n) is 7.88. The highest BCUT2D eigenvalue weighted by molar-refractivity contribution is 7.16. The van der Waals surface area contributed by atoms with E-state index < -0.39 is 6.09 Å². The molecule has 33 heavy (non-hydrogen) atoms. The summed E-state index contributed by atoms with van der Waals surface area (Å²) in [5.41, 5.74) is 2.13. The zero-order valence-corrected chi connectivity index (χ0v) is 19.3. The van der Waals surface area contributed by atoms with Gasteiger partial charge in [0.2, 0.25) is 5.91 Å². The highest BCUT2D eigenvalue weighted by Gasteiger charge is 2.27. The minimum absolute atomic E-state index is 0.0758. The Morgan fingerprint density at radius 3 is 2.91 bits per heavy atom. The average Bonchev–Trinajstić information content (AvgIpc) is 3.45. The molecule has 0 aromatic carbocycles. The first-order valence-corrected chi connectivity index (χ1v) is 11.7. The van der Waals surface area contributed by atoms with Crippen LogP contribution in [-0.4, -0.2) is 44.6 Å². The number of carbonyl (C=O) groups excluding carboxylic acids is 2. The zero-order valence-electron chi connectivity index (χ0n) is 18.5. The van der Waals surface area contributed by atoms with Crippen LogP contribution in [0.1, 0.15) is 35.3 Å². The molecule has 1 aliphatic carbocycles. The Balaban J connectivity index is 1.54. The summed E-state index contributed by atoms with van der Waals surface area (Å²) in [5.74, 6) is -0.170. The molecule has 2 aliphatic rings. The number of fused-ring (bicyclic) bond motifs is 1. The molecule has 1 aliphatic heterocycles. The van der Waals surface area contributed by atoms with Crippen molar-refractivity contribution in [2.75, 3.05) is 25.1 Å². The van der Waals surface area contributed by atoms with E-state index in [0.29, 0.717) is 42.1 Å². The molecular weight excluding hydrogens is 440 g/mol. The summed E-state index contributed by atoms with van der Waals surface area (Å²) in [6, 6.07) is 2.23. The van der Waals surface area contributed by atoms with Crippen LogP contribution in [0.15, 0.2) is 41.6 Å². The molecular formula is C24H28N4O4S. The number of aliphatic imine (C=N–C) groups is 1. The van der Waals surface area contributed by atoms with Gasteiger partial charge in [0.15, 0.2) is 0 Å². The topological polar surface area (TPSA) is 113 Å². The third-order valence-electron chi connectivity index (χ3n) is 5.57. The monoisotopic (exact) mass is 468 g/mol. The lowest BCUT2D eigenvalue weighted by atomic mass is 9.88. The molecule has 1 aromatic rings. The van der Waals surface area contributed by atoms with Gasteiger partial charge in [0.25, 0.3) is 0 Å². The fourth-order valence-corrected chi connectivity index (χ4v) is 5.16. The number of amides is 2. The Kier molecular flexibility index (Phi) is 8.98. The summed E-state index contributed by atoms with van der Waals surface area (Å²) < 4.78 is 10.9. The van der Waals surface area contributed by atoms with Crippen LogP contribution in [0.5, 0.6) is 0 Å². The maximum Gasteiger partial charge on any atom is 0.407 e. The van der Waals surface area contributed by atoms with Crippen LogP contribution in [0, 0.1) is 17.2 Å². The molecule has 0 spiro atoms. The van der Waals surface area contributed by atoms with Crippen molar-refractivity contribution < 1.29 is 19.1 Å². The summed E-state index contributed by atoms with van der Waals surface area (Å²) >= 11 is 1.41. The number of hydrogen-bond acceptors (Lipinski definition) is 7. The molecule has 0 radical (unpaired) electrons. The molecule has 2 atom stereocenters. The lowest BCUT2D eigenvalue weighted by Gasteiger charge is -2.22. The van der Waals surface area contributed by atoms with Gasteiger partial charge in [-0.25, -0.2) is 4.79 Å². The third-order valence-corrected chi connectivity index (χ3v) is 6.74. The minimum Gasteiger partial charge on any atom is -0.449 e. The molecule has 8 nitrogen and oxygen atoms in total. The van der Waals surface area contributed by atoms with E-state index in [4.69, 9.17) is 9.47 Å². The fraction of sp³-hybridized carbons (Fsp3) is 0.417. The molecule has 0 saturated carbocycles. The molecule has 2 N–H and O–H groups in total. The van der Waals surface area contributed by atoms with E-state index in [1.807, 2.05) is 0 Å². The largest absolute Gasteiger partial charge is 0.449 e. The molecule has 1 fully saturated rings. The standard InChI is InChI=1S/C24H28N4O4S/c1-3-16(13-26-2)7-9-22(29)28-23-20(12-25)19-8-6-17(11-21(19)33-23)15-32-24(30)27-14-18-5-4-10-31-18/h3,7,9,13,17-18H,1-2,4-6,8,10-11,14-15H2,(H,27,30)(H,28,29)/b9-7+,16-13+. The number of nitrogens with zero attached hydrogens (tertiary/aromatic N) is 2. The van der Waals surface area contributed by atoms with E-state index in [2.05, 4.69) is 35.0 Å². The number of rotatable bonds is 9. The summed E-state index contributed by atoms with van der Waals surface area (Å²) in [6.45, 7) is 8.56. The van der Waals surface area contributed by atoms with Gasteiger partial charge in [0.05, 0.1) is 18.3 Å². The Morgan fingerprint density at radius 1 is 1.36 bits per heavy atom. The molecule has 2 heterocycles. The van der Waals surface area contributed by atoms with Crippen molar-refractivity contribution >= 4 is 35.1 Å². The van der Waals surface area contributed by atoms with Crippen LogP contribution < -0.4 is 10.6 Å². The molecule has 3 rings (SSSR count). The normalized spacial score (nSPS) is 20.0. The molecule has 1 aromatic heterocycles. The van der Waals surface area contributed by atoms with Crippen molar-refractivity contribution in [2.45, 2.75) is 38.2 Å². The Morgan fingerprint density at radius 2 is 2.21 bits per heavy atom. The Labute approximate surface area is 197 Å². The second kappa shape index (κ2) is 12.1. The van der Waals surface area contributed by atoms with Crippen LogP contribution in [0.2, 0.25) is 0 Å². The molecule has 2 unspecified atom stereocenters. The first-order chi connectivity index (χ1) is 16.0. The maximum atomic E-state index is 12.3. The Hall–Kier alpha value is -3.22. The van der Waals surface area contributed by atoms with Crippen molar-refractivity contribution in [3.63, 3.8) is 0 Å². The van der Waals surface area contributed by atoms with Gasteiger partial charge in [-0.1, -0.05) is 12.7 Å². The van der Waals surface area contributed by atoms with E-state index in [1.54, 1.807) is 12.2 Å². The Bertz CT molecular complexity index is 999. The average molecular weight is 469 g/mol. The van der Waals surface area contributed by atoms with Crippen molar-refractivity contribution in [3.8, 4) is 6.07 Å². The number of thiophene rings is 1. The SMILES string of the molecule is C=CC(/C=C/C(=O)Nc1sc2c(c1C#N)CCC(COC(=O)NCC1CCCO1)C2)=C\N=C. The number of hydrogen-bond donors (Lipinski definition) is 2. The predicted octanol–water partition coefficient (Wildman–Crippen LogP) is 3.90. The van der Waals surface area contributed by atoms with E-state index in [0.717, 1.165) is 36.3 Å². The van der Waals surface area contributed by atoms with E-state index >= 15 is 0 Å². The predicted molar refractivity (Wildman–Crippen MR) is 128 cm³/mol. The van der Waals surface area contributed by atoms with E-state index in [-0.39, 0.29) is 17.9 Å². The van der Waals surface area contributed by atoms with Gasteiger partial charge in [-0.3, -0.25) is 9.79 Å². The molecule has 0 bridgehead atoms. The van der Waals surface area contributed by atoms with Gasteiger partial charge in [-0.2, -0.15) is 5.26 Å². The number of alkyl carbamates (subject to hydrolysis) is 1. The van der Waals surface area contributed by atoms with E-state index in [9.17, 15) is 14.9 Å². The highest BCUT2D eigenvalue weighted by Crippen LogP contribution is 2.39. The van der Waals surface area contributed by atoms with Gasteiger partial charge in [-0.05, 0) is 62.0 Å². The molecule has 9 heteroatoms. The maximum absolute atomic E-state index is 12.3. The number of nitrogens with one attached hydrogen (secondary N) is 2. The minimum atomic E-state index is -0.431. The number of ether oxygens (including phenoxy) is 2. The van der Waals surface area contributed by atoms with Crippen molar-refractivity contribution in [3.05, 3.63) is 52.6 Å². The highest BCUT2D eigenvalue weighted by atomic mass is 32.1. The van der Waals surface area contributed by atoms with Gasteiger partial charge in [-0.15, -0.1) is 11.3 Å². The van der Waals surface area contributed by atoms with Gasteiger partial charge in [0, 0.05) is 30.3 Å². The summed E-state index contributed by atoms with van der Waals surface area (Å²) in [5, 5.41) is 15.8. The quantitative estimate of drug-likeness (QED) is 0.324. The first kappa shape index (κ1) is 24.4. The van der Waals surface area contributed by atoms with Crippen molar-refractivity contribution in [2.24, 2.45) is 10.9 Å². The number of carbonyl (C=O) groups is 2. The van der Waals surface area contributed by atoms with Gasteiger partial charge in [0.1, 0.15) is 11.1 Å². The molecule has 174 valence electrons. The van der Waals surface area contributed by atoms with Gasteiger partial charge >= 0.3 is 6.09 Å². The number of nitriles is 1. The smallest absolute Gasteiger partial charge is 0.407 e. The summed E-state index contributed by atoms with van der Waals surface area (Å²) in [6.07, 6.45) is 9.85. The molecule has 1 saturated heterocycles. The molecule has 2 amide bonds. The first-order valence-electron chi connectivity index (χ1n) is 10.9. The third kappa shape index (κ3) is 6.88. The van der Waals surface area contributed by atoms with Gasteiger partial charge < -0.3 is 20.1 Å². The van der Waals surface area contributed by atoms with Crippen molar-refractivity contribution in [1.82, 2.24) is 5.32 Å². The van der Waals surface area contributed by atoms with Crippen LogP contribution in [0.25, 0.3) is 0 Å². The lowest BCUT2D eigenvalue weighted by Crippen LogP contribution is -2.33. The summed E-state index contributed by atoms with van der Waals surface area (Å²) in [4.78, 5) is 29.0. The lowest BCUT2D eigenvalue weighted by molar-refractivity contribution is -0.111. The van der Waals surface area contributed by atoms with E-state index in [1.165, 1.54) is 23.6 Å². The van der Waals surface area contributed by atoms with Crippen LogP contribution >= 0.6 is 11.3 Å². The number of anilines is 1. The van der Waals surface area contributed by atoms with Crippen LogP contribution in [-0.2, 0) is 27.1 Å². The number of allylic oxidation sites excluding steroid dienone is 3. The van der Waals surface area contributed by atoms with Crippen LogP contribution in [0.3, 0.4) is 0 Å². The van der Waals surface area contributed by atoms with Crippen molar-refractivity contribution in [1.29, 1.82) is 5.26 Å². The fourth-order valence-electron chi connectivity index (χ4n) is 3.84. The van der Waals surface area contributed by atoms with Crippen LogP contribution in [0.4, 0.5) is 9.80 Å². The second-order valence-corrected chi connectivity index (χ2v) is 8.99.